The highest BCUT2D eigenvalue weighted by Crippen LogP contribution is 2.32. The van der Waals surface area contributed by atoms with Gasteiger partial charge in [0, 0.05) is 25.4 Å². The summed E-state index contributed by atoms with van der Waals surface area (Å²) >= 11 is 0. The smallest absolute Gasteiger partial charge is 0.311 e. The van der Waals surface area contributed by atoms with Gasteiger partial charge >= 0.3 is 5.69 Å². The lowest BCUT2D eigenvalue weighted by Gasteiger charge is -2.18. The Hall–Kier alpha value is -1.69. The Balaban J connectivity index is 2.05. The average molecular weight is 265 g/mol. The highest BCUT2D eigenvalue weighted by atomic mass is 16.6. The minimum atomic E-state index is -0.416. The van der Waals surface area contributed by atoms with Crippen LogP contribution in [0.1, 0.15) is 24.8 Å². The van der Waals surface area contributed by atoms with Crippen molar-refractivity contribution in [2.75, 3.05) is 18.5 Å². The molecule has 0 saturated heterocycles. The van der Waals surface area contributed by atoms with Crippen LogP contribution in [0, 0.1) is 28.9 Å². The van der Waals surface area contributed by atoms with Crippen LogP contribution < -0.4 is 5.32 Å². The molecular formula is C13H19N3O3. The first-order valence-corrected chi connectivity index (χ1v) is 6.57. The third-order valence-electron chi connectivity index (χ3n) is 3.78. The first-order valence-electron chi connectivity index (χ1n) is 6.57. The summed E-state index contributed by atoms with van der Waals surface area (Å²) in [6, 6.07) is 1.52. The molecular weight excluding hydrogens is 246 g/mol. The highest BCUT2D eigenvalue weighted by molar-refractivity contribution is 5.56. The van der Waals surface area contributed by atoms with Gasteiger partial charge < -0.3 is 10.4 Å². The lowest BCUT2D eigenvalue weighted by molar-refractivity contribution is -0.384. The number of nitro groups is 1. The van der Waals surface area contributed by atoms with Gasteiger partial charge in [0.1, 0.15) is 0 Å². The van der Waals surface area contributed by atoms with Crippen LogP contribution >= 0.6 is 0 Å². The Morgan fingerprint density at radius 1 is 1.53 bits per heavy atom. The maximum Gasteiger partial charge on any atom is 0.311 e. The van der Waals surface area contributed by atoms with Crippen molar-refractivity contribution in [3.05, 3.63) is 27.9 Å². The molecule has 0 bridgehead atoms. The van der Waals surface area contributed by atoms with Gasteiger partial charge in [0.15, 0.2) is 0 Å². The van der Waals surface area contributed by atoms with Gasteiger partial charge in [0.05, 0.1) is 4.92 Å². The molecule has 2 unspecified atom stereocenters. The minimum absolute atomic E-state index is 0.0125. The Morgan fingerprint density at radius 2 is 2.26 bits per heavy atom. The Kier molecular flexibility index (Phi) is 4.31. The van der Waals surface area contributed by atoms with Gasteiger partial charge in [0.2, 0.25) is 5.82 Å². The SMILES string of the molecule is Cc1cnc(NCC2CCCC2CO)c([N+](=O)[O-])c1. The molecule has 0 aliphatic heterocycles. The molecule has 1 heterocycles. The van der Waals surface area contributed by atoms with Crippen LogP contribution in [0.2, 0.25) is 0 Å². The molecule has 1 aliphatic rings. The molecule has 2 rings (SSSR count). The van der Waals surface area contributed by atoms with Gasteiger partial charge in [0.25, 0.3) is 0 Å². The number of hydrogen-bond donors (Lipinski definition) is 2. The maximum atomic E-state index is 11.0. The van der Waals surface area contributed by atoms with Gasteiger partial charge in [-0.15, -0.1) is 0 Å². The molecule has 19 heavy (non-hydrogen) atoms. The quantitative estimate of drug-likeness (QED) is 0.629. The Bertz CT molecular complexity index is 464. The van der Waals surface area contributed by atoms with E-state index in [0.29, 0.717) is 24.2 Å². The van der Waals surface area contributed by atoms with Crippen LogP contribution in [0.4, 0.5) is 11.5 Å². The summed E-state index contributed by atoms with van der Waals surface area (Å²) in [7, 11) is 0. The third-order valence-corrected chi connectivity index (χ3v) is 3.78. The number of hydrogen-bond acceptors (Lipinski definition) is 5. The highest BCUT2D eigenvalue weighted by Gasteiger charge is 2.27. The number of aromatic nitrogens is 1. The minimum Gasteiger partial charge on any atom is -0.396 e. The third kappa shape index (κ3) is 3.20. The fraction of sp³-hybridized carbons (Fsp3) is 0.615. The van der Waals surface area contributed by atoms with Gasteiger partial charge in [-0.1, -0.05) is 6.42 Å². The summed E-state index contributed by atoms with van der Waals surface area (Å²) in [5, 5.41) is 23.3. The molecule has 0 radical (unpaired) electrons. The molecule has 1 fully saturated rings. The fourth-order valence-electron chi connectivity index (χ4n) is 2.68. The normalized spacial score (nSPS) is 22.4. The first kappa shape index (κ1) is 13.7. The molecule has 0 amide bonds. The molecule has 1 saturated carbocycles. The van der Waals surface area contributed by atoms with Crippen LogP contribution in [0.3, 0.4) is 0 Å². The summed E-state index contributed by atoms with van der Waals surface area (Å²) in [5.74, 6) is 0.990. The molecule has 1 aromatic rings. The van der Waals surface area contributed by atoms with E-state index in [9.17, 15) is 15.2 Å². The van der Waals surface area contributed by atoms with Gasteiger partial charge in [-0.25, -0.2) is 4.98 Å². The van der Waals surface area contributed by atoms with Crippen molar-refractivity contribution >= 4 is 11.5 Å². The van der Waals surface area contributed by atoms with Crippen molar-refractivity contribution in [3.8, 4) is 0 Å². The maximum absolute atomic E-state index is 11.0. The van der Waals surface area contributed by atoms with E-state index in [1.165, 1.54) is 6.07 Å². The largest absolute Gasteiger partial charge is 0.396 e. The number of nitrogens with zero attached hydrogens (tertiary/aromatic N) is 2. The van der Waals surface area contributed by atoms with Gasteiger partial charge in [-0.3, -0.25) is 10.1 Å². The van der Waals surface area contributed by atoms with Crippen LogP contribution in [-0.2, 0) is 0 Å². The summed E-state index contributed by atoms with van der Waals surface area (Å²) in [5.41, 5.74) is 0.782. The number of rotatable bonds is 5. The summed E-state index contributed by atoms with van der Waals surface area (Å²) in [6.07, 6.45) is 4.82. The van der Waals surface area contributed by atoms with Crippen molar-refractivity contribution < 1.29 is 10.0 Å². The average Bonchev–Trinajstić information content (AvgIpc) is 2.84. The monoisotopic (exact) mass is 265 g/mol. The molecule has 6 heteroatoms. The molecule has 2 atom stereocenters. The van der Waals surface area contributed by atoms with Crippen molar-refractivity contribution in [2.24, 2.45) is 11.8 Å². The van der Waals surface area contributed by atoms with Gasteiger partial charge in [-0.05, 0) is 37.2 Å². The molecule has 0 aromatic carbocycles. The van der Waals surface area contributed by atoms with E-state index in [2.05, 4.69) is 10.3 Å². The second kappa shape index (κ2) is 5.97. The van der Waals surface area contributed by atoms with E-state index in [1.54, 1.807) is 13.1 Å². The first-order chi connectivity index (χ1) is 9.11. The second-order valence-corrected chi connectivity index (χ2v) is 5.15. The number of anilines is 1. The number of nitrogens with one attached hydrogen (secondary N) is 1. The zero-order valence-corrected chi connectivity index (χ0v) is 11.0. The van der Waals surface area contributed by atoms with Crippen molar-refractivity contribution in [1.82, 2.24) is 4.98 Å². The molecule has 6 nitrogen and oxygen atoms in total. The van der Waals surface area contributed by atoms with E-state index in [0.717, 1.165) is 24.8 Å². The molecule has 0 spiro atoms. The van der Waals surface area contributed by atoms with Crippen molar-refractivity contribution in [2.45, 2.75) is 26.2 Å². The molecule has 2 N–H and O–H groups in total. The van der Waals surface area contributed by atoms with Crippen molar-refractivity contribution in [3.63, 3.8) is 0 Å². The van der Waals surface area contributed by atoms with Crippen LogP contribution in [0.5, 0.6) is 0 Å². The van der Waals surface area contributed by atoms with Gasteiger partial charge in [-0.2, -0.15) is 0 Å². The number of pyridine rings is 1. The standard InChI is InChI=1S/C13H19N3O3/c1-9-5-12(16(18)19)13(14-6-9)15-7-10-3-2-4-11(10)8-17/h5-6,10-11,17H,2-4,7-8H2,1H3,(H,14,15). The van der Waals surface area contributed by atoms with E-state index in [-0.39, 0.29) is 12.3 Å². The summed E-state index contributed by atoms with van der Waals surface area (Å²) < 4.78 is 0. The number of aliphatic hydroxyl groups is 1. The number of aliphatic hydroxyl groups excluding tert-OH is 1. The Morgan fingerprint density at radius 3 is 2.95 bits per heavy atom. The van der Waals surface area contributed by atoms with E-state index in [4.69, 9.17) is 0 Å². The van der Waals surface area contributed by atoms with E-state index >= 15 is 0 Å². The lowest BCUT2D eigenvalue weighted by atomic mass is 9.97. The fourth-order valence-corrected chi connectivity index (χ4v) is 2.68. The van der Waals surface area contributed by atoms with Crippen LogP contribution in [-0.4, -0.2) is 28.2 Å². The molecule has 1 aliphatic carbocycles. The zero-order chi connectivity index (χ0) is 13.8. The molecule has 104 valence electrons. The predicted molar refractivity (Wildman–Crippen MR) is 72.0 cm³/mol. The zero-order valence-electron chi connectivity index (χ0n) is 11.0. The summed E-state index contributed by atoms with van der Waals surface area (Å²) in [6.45, 7) is 2.60. The van der Waals surface area contributed by atoms with Crippen molar-refractivity contribution in [1.29, 1.82) is 0 Å². The number of aryl methyl sites for hydroxylation is 1. The Labute approximate surface area is 112 Å². The summed E-state index contributed by atoms with van der Waals surface area (Å²) in [4.78, 5) is 14.7. The lowest BCUT2D eigenvalue weighted by Crippen LogP contribution is -2.21. The van der Waals surface area contributed by atoms with Crippen LogP contribution in [0.15, 0.2) is 12.3 Å². The van der Waals surface area contributed by atoms with E-state index < -0.39 is 4.92 Å². The second-order valence-electron chi connectivity index (χ2n) is 5.15. The van der Waals surface area contributed by atoms with E-state index in [1.807, 2.05) is 0 Å². The molecule has 1 aromatic heterocycles. The van der Waals surface area contributed by atoms with Crippen LogP contribution in [0.25, 0.3) is 0 Å². The predicted octanol–water partition coefficient (Wildman–Crippen LogP) is 2.12. The topological polar surface area (TPSA) is 88.3 Å².